The van der Waals surface area contributed by atoms with Gasteiger partial charge in [-0.15, -0.1) is 5.10 Å². The summed E-state index contributed by atoms with van der Waals surface area (Å²) in [5.41, 5.74) is 8.41. The Morgan fingerprint density at radius 1 is 1.00 bits per heavy atom. The van der Waals surface area contributed by atoms with Crippen molar-refractivity contribution in [3.8, 4) is 11.4 Å². The molecule has 0 spiro atoms. The average Bonchev–Trinajstić information content (AvgIpc) is 2.90. The second-order valence-corrected chi connectivity index (χ2v) is 4.85. The van der Waals surface area contributed by atoms with E-state index in [-0.39, 0.29) is 0 Å². The van der Waals surface area contributed by atoms with Crippen molar-refractivity contribution in [3.05, 3.63) is 59.1 Å². The molecule has 3 aromatic rings. The molecule has 0 aliphatic heterocycles. The summed E-state index contributed by atoms with van der Waals surface area (Å²) in [6.45, 7) is 0.587. The summed E-state index contributed by atoms with van der Waals surface area (Å²) >= 11 is 5.88. The number of benzene rings is 2. The van der Waals surface area contributed by atoms with E-state index in [1.807, 2.05) is 48.5 Å². The number of hydrogen-bond donors (Lipinski definition) is 1. The van der Waals surface area contributed by atoms with Crippen LogP contribution in [0.25, 0.3) is 11.4 Å². The number of nitrogens with two attached hydrogens (primary N) is 1. The number of anilines is 1. The van der Waals surface area contributed by atoms with E-state index in [1.165, 1.54) is 0 Å². The summed E-state index contributed by atoms with van der Waals surface area (Å²) < 4.78 is 1.74. The van der Waals surface area contributed by atoms with E-state index in [1.54, 1.807) is 4.68 Å². The Hall–Kier alpha value is -2.40. The van der Waals surface area contributed by atoms with Crippen LogP contribution >= 0.6 is 11.6 Å². The number of tetrazole rings is 1. The molecule has 0 aliphatic rings. The first-order valence-electron chi connectivity index (χ1n) is 6.09. The van der Waals surface area contributed by atoms with Gasteiger partial charge in [0, 0.05) is 16.3 Å². The molecular weight excluding hydrogens is 274 g/mol. The second kappa shape index (κ2) is 5.30. The van der Waals surface area contributed by atoms with Gasteiger partial charge in [0.15, 0.2) is 5.82 Å². The zero-order chi connectivity index (χ0) is 13.9. The molecule has 0 unspecified atom stereocenters. The van der Waals surface area contributed by atoms with E-state index in [2.05, 4.69) is 15.5 Å². The number of nitrogen functional groups attached to an aromatic ring is 1. The van der Waals surface area contributed by atoms with Crippen molar-refractivity contribution < 1.29 is 0 Å². The molecule has 6 heteroatoms. The molecular formula is C14H12ClN5. The van der Waals surface area contributed by atoms with Crippen LogP contribution in [0.1, 0.15) is 5.56 Å². The lowest BCUT2D eigenvalue weighted by molar-refractivity contribution is 0.653. The summed E-state index contributed by atoms with van der Waals surface area (Å²) in [5.74, 6) is 0.708. The van der Waals surface area contributed by atoms with Crippen LogP contribution in [0.4, 0.5) is 5.69 Å². The van der Waals surface area contributed by atoms with Gasteiger partial charge in [-0.3, -0.25) is 0 Å². The topological polar surface area (TPSA) is 69.6 Å². The van der Waals surface area contributed by atoms with Gasteiger partial charge in [0.05, 0.1) is 6.54 Å². The van der Waals surface area contributed by atoms with Crippen molar-refractivity contribution in [1.29, 1.82) is 0 Å². The van der Waals surface area contributed by atoms with E-state index >= 15 is 0 Å². The van der Waals surface area contributed by atoms with Crippen molar-refractivity contribution in [2.75, 3.05) is 5.73 Å². The summed E-state index contributed by atoms with van der Waals surface area (Å²) in [5, 5.41) is 12.5. The molecule has 0 fully saturated rings. The minimum atomic E-state index is 0.587. The predicted octanol–water partition coefficient (Wildman–Crippen LogP) is 2.62. The third-order valence-corrected chi connectivity index (χ3v) is 3.20. The minimum absolute atomic E-state index is 0.587. The van der Waals surface area contributed by atoms with Gasteiger partial charge in [-0.2, -0.15) is 0 Å². The molecule has 5 nitrogen and oxygen atoms in total. The van der Waals surface area contributed by atoms with Crippen molar-refractivity contribution >= 4 is 17.3 Å². The quantitative estimate of drug-likeness (QED) is 0.751. The van der Waals surface area contributed by atoms with Gasteiger partial charge in [-0.25, -0.2) is 4.68 Å². The van der Waals surface area contributed by atoms with Crippen molar-refractivity contribution in [2.24, 2.45) is 0 Å². The smallest absolute Gasteiger partial charge is 0.182 e. The molecule has 0 amide bonds. The Labute approximate surface area is 121 Å². The van der Waals surface area contributed by atoms with Crippen LogP contribution in [-0.2, 0) is 6.54 Å². The van der Waals surface area contributed by atoms with Gasteiger partial charge in [0.1, 0.15) is 0 Å². The number of hydrogen-bond acceptors (Lipinski definition) is 4. The van der Waals surface area contributed by atoms with Gasteiger partial charge in [0.25, 0.3) is 0 Å². The molecule has 2 aromatic carbocycles. The Bertz CT molecular complexity index is 703. The molecule has 0 bridgehead atoms. The first-order valence-corrected chi connectivity index (χ1v) is 6.47. The Kier molecular flexibility index (Phi) is 3.35. The summed E-state index contributed by atoms with van der Waals surface area (Å²) in [6, 6.07) is 15.1. The van der Waals surface area contributed by atoms with E-state index in [9.17, 15) is 0 Å². The summed E-state index contributed by atoms with van der Waals surface area (Å²) in [4.78, 5) is 0. The van der Waals surface area contributed by atoms with E-state index in [0.717, 1.165) is 11.1 Å². The highest BCUT2D eigenvalue weighted by Crippen LogP contribution is 2.18. The van der Waals surface area contributed by atoms with E-state index in [0.29, 0.717) is 23.1 Å². The van der Waals surface area contributed by atoms with Crippen molar-refractivity contribution in [2.45, 2.75) is 6.54 Å². The summed E-state index contributed by atoms with van der Waals surface area (Å²) in [6.07, 6.45) is 0. The standard InChI is InChI=1S/C14H12ClN5/c15-12-5-1-10(2-6-12)9-20-14(17-18-19-20)11-3-7-13(16)8-4-11/h1-8H,9,16H2. The molecule has 20 heavy (non-hydrogen) atoms. The van der Waals surface area contributed by atoms with Crippen LogP contribution in [0.3, 0.4) is 0 Å². The monoisotopic (exact) mass is 285 g/mol. The Morgan fingerprint density at radius 2 is 1.70 bits per heavy atom. The highest BCUT2D eigenvalue weighted by atomic mass is 35.5. The SMILES string of the molecule is Nc1ccc(-c2nnnn2Cc2ccc(Cl)cc2)cc1. The number of rotatable bonds is 3. The molecule has 0 aliphatic carbocycles. The van der Waals surface area contributed by atoms with Crippen molar-refractivity contribution in [1.82, 2.24) is 20.2 Å². The third-order valence-electron chi connectivity index (χ3n) is 2.95. The lowest BCUT2D eigenvalue weighted by Crippen LogP contribution is -2.04. The van der Waals surface area contributed by atoms with E-state index < -0.39 is 0 Å². The van der Waals surface area contributed by atoms with Crippen LogP contribution in [0.15, 0.2) is 48.5 Å². The first kappa shape index (κ1) is 12.6. The van der Waals surface area contributed by atoms with Crippen LogP contribution < -0.4 is 5.73 Å². The highest BCUT2D eigenvalue weighted by Gasteiger charge is 2.09. The number of nitrogens with zero attached hydrogens (tertiary/aromatic N) is 4. The molecule has 1 heterocycles. The zero-order valence-corrected chi connectivity index (χ0v) is 11.3. The maximum Gasteiger partial charge on any atom is 0.182 e. The number of aromatic nitrogens is 4. The third kappa shape index (κ3) is 2.62. The Balaban J connectivity index is 1.90. The molecule has 0 atom stereocenters. The highest BCUT2D eigenvalue weighted by molar-refractivity contribution is 6.30. The maximum atomic E-state index is 5.88. The van der Waals surface area contributed by atoms with Crippen molar-refractivity contribution in [3.63, 3.8) is 0 Å². The van der Waals surface area contributed by atoms with Gasteiger partial charge in [-0.1, -0.05) is 23.7 Å². The zero-order valence-electron chi connectivity index (χ0n) is 10.6. The lowest BCUT2D eigenvalue weighted by Gasteiger charge is -2.05. The largest absolute Gasteiger partial charge is 0.399 e. The van der Waals surface area contributed by atoms with Crippen LogP contribution in [0, 0.1) is 0 Å². The molecule has 3 rings (SSSR count). The van der Waals surface area contributed by atoms with Gasteiger partial charge in [-0.05, 0) is 52.4 Å². The fourth-order valence-electron chi connectivity index (χ4n) is 1.91. The molecule has 0 radical (unpaired) electrons. The summed E-state index contributed by atoms with van der Waals surface area (Å²) in [7, 11) is 0. The molecule has 100 valence electrons. The van der Waals surface area contributed by atoms with Gasteiger partial charge < -0.3 is 5.73 Å². The molecule has 0 saturated heterocycles. The van der Waals surface area contributed by atoms with Crippen LogP contribution in [0.5, 0.6) is 0 Å². The lowest BCUT2D eigenvalue weighted by atomic mass is 10.2. The predicted molar refractivity (Wildman–Crippen MR) is 78.2 cm³/mol. The molecule has 1 aromatic heterocycles. The van der Waals surface area contributed by atoms with Gasteiger partial charge >= 0.3 is 0 Å². The Morgan fingerprint density at radius 3 is 2.40 bits per heavy atom. The first-order chi connectivity index (χ1) is 9.72. The fourth-order valence-corrected chi connectivity index (χ4v) is 2.04. The molecule has 0 saturated carbocycles. The second-order valence-electron chi connectivity index (χ2n) is 4.41. The van der Waals surface area contributed by atoms with Crippen LogP contribution in [0.2, 0.25) is 5.02 Å². The number of halogens is 1. The fraction of sp³-hybridized carbons (Fsp3) is 0.0714. The minimum Gasteiger partial charge on any atom is -0.399 e. The maximum absolute atomic E-state index is 5.88. The average molecular weight is 286 g/mol. The van der Waals surface area contributed by atoms with E-state index in [4.69, 9.17) is 17.3 Å². The van der Waals surface area contributed by atoms with Gasteiger partial charge in [0.2, 0.25) is 0 Å². The normalized spacial score (nSPS) is 10.7. The van der Waals surface area contributed by atoms with Crippen LogP contribution in [-0.4, -0.2) is 20.2 Å². The molecule has 2 N–H and O–H groups in total.